The van der Waals surface area contributed by atoms with Crippen LogP contribution in [0.5, 0.6) is 5.75 Å². The maximum Gasteiger partial charge on any atom is 0.341 e. The van der Waals surface area contributed by atoms with Gasteiger partial charge in [-0.15, -0.1) is 0 Å². The summed E-state index contributed by atoms with van der Waals surface area (Å²) in [5.74, 6) is -2.43. The van der Waals surface area contributed by atoms with Gasteiger partial charge in [-0.25, -0.2) is 4.79 Å². The summed E-state index contributed by atoms with van der Waals surface area (Å²) in [4.78, 5) is 33.4. The molecular formula is C14H18N2O6. The van der Waals surface area contributed by atoms with E-state index in [1.54, 1.807) is 6.07 Å². The molecule has 0 heterocycles. The van der Waals surface area contributed by atoms with E-state index in [0.717, 1.165) is 0 Å². The van der Waals surface area contributed by atoms with E-state index in [2.05, 4.69) is 10.1 Å². The molecule has 0 aliphatic rings. The van der Waals surface area contributed by atoms with Gasteiger partial charge >= 0.3 is 11.9 Å². The highest BCUT2D eigenvalue weighted by atomic mass is 16.5. The lowest BCUT2D eigenvalue weighted by molar-refractivity contribution is -0.137. The van der Waals surface area contributed by atoms with Gasteiger partial charge in [-0.2, -0.15) is 0 Å². The number of hydrogen-bond donors (Lipinski definition) is 4. The lowest BCUT2D eigenvalue weighted by Gasteiger charge is -2.12. The number of carboxylic acids is 1. The number of phenolic OH excluding ortho intramolecular Hbond substituents is 1. The Kier molecular flexibility index (Phi) is 6.33. The van der Waals surface area contributed by atoms with Gasteiger partial charge in [0.1, 0.15) is 11.3 Å². The zero-order valence-electron chi connectivity index (χ0n) is 12.0. The second kappa shape index (κ2) is 7.99. The number of carbonyl (C=O) groups is 3. The summed E-state index contributed by atoms with van der Waals surface area (Å²) >= 11 is 0. The molecule has 0 aliphatic carbocycles. The maximum atomic E-state index is 11.7. The molecule has 0 unspecified atom stereocenters. The van der Waals surface area contributed by atoms with Crippen LogP contribution in [0.2, 0.25) is 0 Å². The smallest absolute Gasteiger partial charge is 0.341 e. The van der Waals surface area contributed by atoms with Crippen LogP contribution < -0.4 is 11.1 Å². The van der Waals surface area contributed by atoms with E-state index in [1.165, 1.54) is 19.2 Å². The lowest BCUT2D eigenvalue weighted by atomic mass is 10.1. The number of ether oxygens (including phenoxy) is 1. The Hall–Kier alpha value is -2.61. The third kappa shape index (κ3) is 5.06. The first kappa shape index (κ1) is 17.4. The van der Waals surface area contributed by atoms with Gasteiger partial charge in [0.15, 0.2) is 0 Å². The van der Waals surface area contributed by atoms with E-state index in [-0.39, 0.29) is 30.7 Å². The van der Waals surface area contributed by atoms with Gasteiger partial charge in [0, 0.05) is 13.0 Å². The second-order valence-electron chi connectivity index (χ2n) is 4.60. The summed E-state index contributed by atoms with van der Waals surface area (Å²) in [5.41, 5.74) is 6.14. The molecule has 0 spiro atoms. The standard InChI is InChI=1S/C14H18N2O6/c1-22-14(21)9-3-2-8(6-11(9)17)7-16-13(20)10(15)4-5-12(18)19/h2-3,6,10,17H,4-5,7,15H2,1H3,(H,16,20)(H,18,19)/t10-/m0/s1. The van der Waals surface area contributed by atoms with Crippen LogP contribution in [0, 0.1) is 0 Å². The first-order valence-electron chi connectivity index (χ1n) is 6.50. The van der Waals surface area contributed by atoms with Gasteiger partial charge in [-0.1, -0.05) is 6.07 Å². The van der Waals surface area contributed by atoms with Gasteiger partial charge in [0.25, 0.3) is 0 Å². The molecule has 0 saturated carbocycles. The molecule has 8 heteroatoms. The third-order valence-electron chi connectivity index (χ3n) is 2.94. The molecule has 0 bridgehead atoms. The topological polar surface area (TPSA) is 139 Å². The minimum absolute atomic E-state index is 0.0238. The third-order valence-corrected chi connectivity index (χ3v) is 2.94. The maximum absolute atomic E-state index is 11.7. The van der Waals surface area contributed by atoms with E-state index < -0.39 is 23.9 Å². The van der Waals surface area contributed by atoms with Crippen molar-refractivity contribution < 1.29 is 29.3 Å². The number of nitrogens with two attached hydrogens (primary N) is 1. The van der Waals surface area contributed by atoms with Crippen molar-refractivity contribution in [3.05, 3.63) is 29.3 Å². The molecule has 1 amide bonds. The number of rotatable bonds is 7. The molecule has 1 rings (SSSR count). The number of carbonyl (C=O) groups excluding carboxylic acids is 2. The Morgan fingerprint density at radius 2 is 2.05 bits per heavy atom. The van der Waals surface area contributed by atoms with Crippen LogP contribution in [0.4, 0.5) is 0 Å². The number of amides is 1. The predicted octanol–water partition coefficient (Wildman–Crippen LogP) is -0.0129. The fraction of sp³-hybridized carbons (Fsp3) is 0.357. The van der Waals surface area contributed by atoms with Crippen molar-refractivity contribution in [1.82, 2.24) is 5.32 Å². The van der Waals surface area contributed by atoms with Gasteiger partial charge < -0.3 is 26.0 Å². The molecule has 0 radical (unpaired) electrons. The van der Waals surface area contributed by atoms with Crippen molar-refractivity contribution in [2.75, 3.05) is 7.11 Å². The highest BCUT2D eigenvalue weighted by Gasteiger charge is 2.15. The molecule has 0 aliphatic heterocycles. The highest BCUT2D eigenvalue weighted by molar-refractivity contribution is 5.92. The molecular weight excluding hydrogens is 292 g/mol. The molecule has 0 saturated heterocycles. The van der Waals surface area contributed by atoms with Crippen LogP contribution in [-0.2, 0) is 20.9 Å². The average Bonchev–Trinajstić information content (AvgIpc) is 2.49. The van der Waals surface area contributed by atoms with Crippen LogP contribution >= 0.6 is 0 Å². The number of hydrogen-bond acceptors (Lipinski definition) is 6. The van der Waals surface area contributed by atoms with Crippen molar-refractivity contribution in [1.29, 1.82) is 0 Å². The van der Waals surface area contributed by atoms with Crippen LogP contribution in [0.15, 0.2) is 18.2 Å². The summed E-state index contributed by atoms with van der Waals surface area (Å²) in [6.07, 6.45) is -0.156. The highest BCUT2D eigenvalue weighted by Crippen LogP contribution is 2.19. The van der Waals surface area contributed by atoms with Crippen LogP contribution in [-0.4, -0.2) is 41.2 Å². The van der Waals surface area contributed by atoms with Crippen molar-refractivity contribution in [3.8, 4) is 5.75 Å². The predicted molar refractivity (Wildman–Crippen MR) is 76.1 cm³/mol. The molecule has 22 heavy (non-hydrogen) atoms. The van der Waals surface area contributed by atoms with E-state index in [9.17, 15) is 19.5 Å². The lowest BCUT2D eigenvalue weighted by Crippen LogP contribution is -2.40. The molecule has 1 atom stereocenters. The SMILES string of the molecule is COC(=O)c1ccc(CNC(=O)[C@@H](N)CCC(=O)O)cc1O. The normalized spacial score (nSPS) is 11.5. The van der Waals surface area contributed by atoms with E-state index in [1.807, 2.05) is 0 Å². The first-order chi connectivity index (χ1) is 10.3. The second-order valence-corrected chi connectivity index (χ2v) is 4.60. The summed E-state index contributed by atoms with van der Waals surface area (Å²) in [7, 11) is 1.20. The van der Waals surface area contributed by atoms with Gasteiger partial charge in [0.2, 0.25) is 5.91 Å². The van der Waals surface area contributed by atoms with Gasteiger partial charge in [0.05, 0.1) is 13.2 Å². The Morgan fingerprint density at radius 3 is 2.59 bits per heavy atom. The molecule has 120 valence electrons. The average molecular weight is 310 g/mol. The van der Waals surface area contributed by atoms with Crippen molar-refractivity contribution >= 4 is 17.8 Å². The zero-order valence-corrected chi connectivity index (χ0v) is 12.0. The minimum atomic E-state index is -1.02. The summed E-state index contributed by atoms with van der Waals surface area (Å²) in [6, 6.07) is 3.34. The fourth-order valence-electron chi connectivity index (χ4n) is 1.70. The molecule has 5 N–H and O–H groups in total. The Labute approximate surface area is 126 Å². The Morgan fingerprint density at radius 1 is 1.36 bits per heavy atom. The molecule has 8 nitrogen and oxygen atoms in total. The van der Waals surface area contributed by atoms with E-state index in [0.29, 0.717) is 5.56 Å². The number of benzene rings is 1. The zero-order chi connectivity index (χ0) is 16.7. The number of nitrogens with one attached hydrogen (secondary N) is 1. The number of esters is 1. The molecule has 1 aromatic carbocycles. The summed E-state index contributed by atoms with van der Waals surface area (Å²) < 4.78 is 4.50. The number of aliphatic carboxylic acids is 1. The van der Waals surface area contributed by atoms with Crippen LogP contribution in [0.3, 0.4) is 0 Å². The largest absolute Gasteiger partial charge is 0.507 e. The van der Waals surface area contributed by atoms with E-state index >= 15 is 0 Å². The monoisotopic (exact) mass is 310 g/mol. The molecule has 0 aromatic heterocycles. The fourth-order valence-corrected chi connectivity index (χ4v) is 1.70. The van der Waals surface area contributed by atoms with Crippen LogP contribution in [0.25, 0.3) is 0 Å². The first-order valence-corrected chi connectivity index (χ1v) is 6.50. The quantitative estimate of drug-likeness (QED) is 0.519. The summed E-state index contributed by atoms with van der Waals surface area (Å²) in [6.45, 7) is 0.0919. The Bertz CT molecular complexity index is 572. The van der Waals surface area contributed by atoms with Crippen LogP contribution in [0.1, 0.15) is 28.8 Å². The van der Waals surface area contributed by atoms with Crippen molar-refractivity contribution in [3.63, 3.8) is 0 Å². The Balaban J connectivity index is 2.57. The van der Waals surface area contributed by atoms with Crippen molar-refractivity contribution in [2.24, 2.45) is 5.73 Å². The van der Waals surface area contributed by atoms with Gasteiger partial charge in [-0.3, -0.25) is 9.59 Å². The number of aromatic hydroxyl groups is 1. The molecule has 0 fully saturated rings. The number of methoxy groups -OCH3 is 1. The van der Waals surface area contributed by atoms with Crippen molar-refractivity contribution in [2.45, 2.75) is 25.4 Å². The van der Waals surface area contributed by atoms with Gasteiger partial charge in [-0.05, 0) is 24.1 Å². The minimum Gasteiger partial charge on any atom is -0.507 e. The number of carboxylic acid groups (broad SMARTS) is 1. The molecule has 1 aromatic rings. The summed E-state index contributed by atoms with van der Waals surface area (Å²) in [5, 5.41) is 20.8. The number of phenols is 1. The van der Waals surface area contributed by atoms with E-state index in [4.69, 9.17) is 10.8 Å².